The maximum Gasteiger partial charge on any atom is 0.343 e. The molecule has 0 aliphatic rings. The number of hydrogen-bond donors (Lipinski definition) is 1. The standard InChI is InChI=1S/C35H42BrNO3P/c1-4-7-23-41(24-8-5-2,25-9-6-3)34(31(26-37)33(38)27-15-11-10-12-16-27)30-17-13-14-18-32(30)40-35(39)28-19-21-29(36)22-20-28/h10-22,34,37H,4-9,23-25H2,1-3H3/q+1/t34-/m0/s1. The Kier molecular flexibility index (Phi) is 13.2. The number of rotatable bonds is 16. The average Bonchev–Trinajstić information content (AvgIpc) is 3.01. The molecule has 0 aliphatic carbocycles. The zero-order valence-electron chi connectivity index (χ0n) is 24.5. The molecular weight excluding hydrogens is 593 g/mol. The number of ether oxygens (including phenoxy) is 1. The van der Waals surface area contributed by atoms with Gasteiger partial charge in [0.15, 0.2) is 0 Å². The number of halogens is 1. The number of esters is 1. The number of benzene rings is 3. The summed E-state index contributed by atoms with van der Waals surface area (Å²) in [7, 11) is -1.91. The Labute approximate surface area is 254 Å². The van der Waals surface area contributed by atoms with Gasteiger partial charge in [-0.05, 0) is 55.5 Å². The van der Waals surface area contributed by atoms with Gasteiger partial charge in [-0.1, -0.05) is 104 Å². The molecule has 1 N–H and O–H groups in total. The Morgan fingerprint density at radius 1 is 0.780 bits per heavy atom. The number of nitrogens with one attached hydrogen (secondary N) is 1. The minimum atomic E-state index is -1.91. The number of Topliss-reactive ketones (excluding diaryl/α,β-unsaturated/α-hetero) is 1. The first-order valence-electron chi connectivity index (χ1n) is 14.7. The van der Waals surface area contributed by atoms with E-state index in [2.05, 4.69) is 42.6 Å². The van der Waals surface area contributed by atoms with E-state index in [1.54, 1.807) is 24.3 Å². The lowest BCUT2D eigenvalue weighted by molar-refractivity contribution is 0.0733. The molecule has 41 heavy (non-hydrogen) atoms. The van der Waals surface area contributed by atoms with Crippen molar-refractivity contribution in [2.24, 2.45) is 0 Å². The molecule has 216 valence electrons. The van der Waals surface area contributed by atoms with Crippen LogP contribution >= 0.6 is 23.2 Å². The monoisotopic (exact) mass is 634 g/mol. The number of hydrogen-bond acceptors (Lipinski definition) is 4. The molecule has 0 amide bonds. The number of unbranched alkanes of at least 4 members (excludes halogenated alkanes) is 3. The zero-order chi connectivity index (χ0) is 29.7. The van der Waals surface area contributed by atoms with Gasteiger partial charge in [0.05, 0.1) is 24.0 Å². The number of carbonyl (C=O) groups is 2. The summed E-state index contributed by atoms with van der Waals surface area (Å²) in [6.45, 7) is 6.62. The highest BCUT2D eigenvalue weighted by Gasteiger charge is 2.50. The number of allylic oxidation sites excluding steroid dienone is 1. The highest BCUT2D eigenvalue weighted by atomic mass is 79.9. The Morgan fingerprint density at radius 3 is 1.85 bits per heavy atom. The summed E-state index contributed by atoms with van der Waals surface area (Å²) in [5.74, 6) is 2.48. The number of ketones is 1. The van der Waals surface area contributed by atoms with E-state index in [-0.39, 0.29) is 11.4 Å². The van der Waals surface area contributed by atoms with Crippen molar-refractivity contribution in [3.63, 3.8) is 0 Å². The molecule has 3 aromatic carbocycles. The minimum absolute atomic E-state index is 0.173. The minimum Gasteiger partial charge on any atom is -0.422 e. The maximum atomic E-state index is 14.1. The van der Waals surface area contributed by atoms with Gasteiger partial charge >= 0.3 is 5.97 Å². The molecule has 0 aromatic heterocycles. The van der Waals surface area contributed by atoms with Gasteiger partial charge in [0.1, 0.15) is 17.0 Å². The summed E-state index contributed by atoms with van der Waals surface area (Å²) in [5.41, 5.74) is 1.85. The summed E-state index contributed by atoms with van der Waals surface area (Å²) >= 11 is 3.42. The van der Waals surface area contributed by atoms with E-state index in [0.717, 1.165) is 67.0 Å². The van der Waals surface area contributed by atoms with Gasteiger partial charge in [-0.15, -0.1) is 0 Å². The van der Waals surface area contributed by atoms with Crippen molar-refractivity contribution in [3.05, 3.63) is 106 Å². The van der Waals surface area contributed by atoms with Crippen LogP contribution in [0.3, 0.4) is 0 Å². The van der Waals surface area contributed by atoms with Gasteiger partial charge in [0, 0.05) is 22.9 Å². The SMILES string of the molecule is CCCC[P+](CCCC)(CCCC)[C@H](C(=C=N)C(=O)c1ccccc1)c1ccccc1OC(=O)c1ccc(Br)cc1. The molecule has 3 rings (SSSR count). The Morgan fingerprint density at radius 2 is 1.32 bits per heavy atom. The summed E-state index contributed by atoms with van der Waals surface area (Å²) in [4.78, 5) is 27.4. The molecule has 1 atom stereocenters. The van der Waals surface area contributed by atoms with Crippen molar-refractivity contribution in [1.82, 2.24) is 0 Å². The van der Waals surface area contributed by atoms with Gasteiger partial charge in [-0.25, -0.2) is 4.79 Å². The topological polar surface area (TPSA) is 67.2 Å². The fourth-order valence-corrected chi connectivity index (χ4v) is 11.5. The van der Waals surface area contributed by atoms with Crippen molar-refractivity contribution in [2.45, 2.75) is 65.0 Å². The van der Waals surface area contributed by atoms with E-state index in [1.165, 1.54) is 0 Å². The Hall–Kier alpha value is -2.84. The molecule has 0 radical (unpaired) electrons. The largest absolute Gasteiger partial charge is 0.422 e. The third-order valence-electron chi connectivity index (χ3n) is 7.60. The molecule has 0 unspecified atom stereocenters. The van der Waals surface area contributed by atoms with Crippen molar-refractivity contribution >= 4 is 40.8 Å². The molecule has 0 spiro atoms. The van der Waals surface area contributed by atoms with Gasteiger partial charge in [0.2, 0.25) is 5.78 Å². The van der Waals surface area contributed by atoms with Crippen LogP contribution in [-0.4, -0.2) is 36.1 Å². The van der Waals surface area contributed by atoms with Crippen molar-refractivity contribution in [1.29, 1.82) is 5.41 Å². The summed E-state index contributed by atoms with van der Waals surface area (Å²) < 4.78 is 6.97. The first-order valence-corrected chi connectivity index (χ1v) is 17.9. The van der Waals surface area contributed by atoms with E-state index in [9.17, 15) is 9.59 Å². The molecule has 3 aromatic rings. The third-order valence-corrected chi connectivity index (χ3v) is 13.4. The van der Waals surface area contributed by atoms with Crippen LogP contribution in [0.25, 0.3) is 0 Å². The summed E-state index contributed by atoms with van der Waals surface area (Å²) in [5, 5.41) is 8.49. The van der Waals surface area contributed by atoms with Crippen LogP contribution in [0.5, 0.6) is 5.75 Å². The lowest BCUT2D eigenvalue weighted by Crippen LogP contribution is -2.24. The highest BCUT2D eigenvalue weighted by Crippen LogP contribution is 2.74. The summed E-state index contributed by atoms with van der Waals surface area (Å²) in [6.07, 6.45) is 9.43. The second kappa shape index (κ2) is 16.6. The van der Waals surface area contributed by atoms with Gasteiger partial charge in [0.25, 0.3) is 0 Å². The van der Waals surface area contributed by atoms with Crippen LogP contribution in [0.15, 0.2) is 88.9 Å². The first-order chi connectivity index (χ1) is 19.9. The molecule has 0 fully saturated rings. The van der Waals surface area contributed by atoms with E-state index >= 15 is 0 Å². The van der Waals surface area contributed by atoms with E-state index in [4.69, 9.17) is 10.1 Å². The highest BCUT2D eigenvalue weighted by molar-refractivity contribution is 9.10. The maximum absolute atomic E-state index is 14.1. The number of para-hydroxylation sites is 1. The van der Waals surface area contributed by atoms with Gasteiger partial charge < -0.3 is 4.74 Å². The van der Waals surface area contributed by atoms with E-state index < -0.39 is 13.2 Å². The second-order valence-corrected chi connectivity index (χ2v) is 15.7. The van der Waals surface area contributed by atoms with Crippen molar-refractivity contribution in [3.8, 4) is 5.75 Å². The Bertz CT molecular complexity index is 1310. The molecule has 0 bridgehead atoms. The predicted molar refractivity (Wildman–Crippen MR) is 177 cm³/mol. The van der Waals surface area contributed by atoms with Crippen LogP contribution in [-0.2, 0) is 0 Å². The van der Waals surface area contributed by atoms with E-state index in [1.807, 2.05) is 54.6 Å². The van der Waals surface area contributed by atoms with Crippen LogP contribution in [0, 0.1) is 5.41 Å². The average molecular weight is 636 g/mol. The molecule has 0 saturated carbocycles. The third kappa shape index (κ3) is 8.58. The zero-order valence-corrected chi connectivity index (χ0v) is 27.0. The smallest absolute Gasteiger partial charge is 0.343 e. The van der Waals surface area contributed by atoms with Gasteiger partial charge in [-0.3, -0.25) is 10.2 Å². The molecular formula is C35H42BrNO3P+. The van der Waals surface area contributed by atoms with Crippen molar-refractivity contribution in [2.75, 3.05) is 18.5 Å². The fourth-order valence-electron chi connectivity index (χ4n) is 5.40. The van der Waals surface area contributed by atoms with Crippen LogP contribution < -0.4 is 4.74 Å². The van der Waals surface area contributed by atoms with Crippen LogP contribution in [0.2, 0.25) is 0 Å². The molecule has 0 heterocycles. The Balaban J connectivity index is 2.24. The molecule has 6 heteroatoms. The first kappa shape index (κ1) is 32.7. The fraction of sp³-hybridized carbons (Fsp3) is 0.371. The molecule has 4 nitrogen and oxygen atoms in total. The van der Waals surface area contributed by atoms with Gasteiger partial charge in [-0.2, -0.15) is 0 Å². The molecule has 0 saturated heterocycles. The summed E-state index contributed by atoms with van der Waals surface area (Å²) in [6, 6.07) is 23.9. The van der Waals surface area contributed by atoms with Crippen LogP contribution in [0.1, 0.15) is 91.2 Å². The lowest BCUT2D eigenvalue weighted by Gasteiger charge is -2.36. The van der Waals surface area contributed by atoms with E-state index in [0.29, 0.717) is 22.4 Å². The second-order valence-electron chi connectivity index (χ2n) is 10.5. The lowest BCUT2D eigenvalue weighted by atomic mass is 9.97. The van der Waals surface area contributed by atoms with Crippen molar-refractivity contribution < 1.29 is 14.3 Å². The quantitative estimate of drug-likeness (QED) is 0.0425. The van der Waals surface area contributed by atoms with Crippen LogP contribution in [0.4, 0.5) is 0 Å². The molecule has 0 aliphatic heterocycles. The number of carbonyl (C=O) groups excluding carboxylic acids is 2. The normalized spacial score (nSPS) is 11.9. The predicted octanol–water partition coefficient (Wildman–Crippen LogP) is 10.2.